The monoisotopic (exact) mass is 325 g/mol. The minimum Gasteiger partial charge on any atom is -0.400 e. The van der Waals surface area contributed by atoms with Crippen molar-refractivity contribution >= 4 is 24.2 Å². The van der Waals surface area contributed by atoms with Gasteiger partial charge in [-0.25, -0.2) is 4.98 Å². The molecular weight excluding hydrogens is 301 g/mol. The summed E-state index contributed by atoms with van der Waals surface area (Å²) in [5.41, 5.74) is 2.85. The predicted molar refractivity (Wildman–Crippen MR) is 97.5 cm³/mol. The number of rotatable bonds is 4. The van der Waals surface area contributed by atoms with Gasteiger partial charge in [-0.15, -0.1) is 0 Å². The molecule has 1 aromatic carbocycles. The molecule has 24 heavy (non-hydrogen) atoms. The molecule has 1 fully saturated rings. The third-order valence-electron chi connectivity index (χ3n) is 4.74. The molecule has 0 atom stereocenters. The van der Waals surface area contributed by atoms with Crippen molar-refractivity contribution in [2.24, 2.45) is 0 Å². The average Bonchev–Trinajstić information content (AvgIpc) is 2.75. The topological polar surface area (TPSA) is 56.3 Å². The first-order chi connectivity index (χ1) is 11.3. The third kappa shape index (κ3) is 3.22. The van der Waals surface area contributed by atoms with Crippen molar-refractivity contribution < 1.29 is 9.31 Å². The number of hydrogen-bond donors (Lipinski definition) is 1. The SMILES string of the molecule is CNCC(=Cc1cnc2ccccc2n1)B1OC(C)(C)C(C)(C)O1. The molecule has 0 bridgehead atoms. The fourth-order valence-corrected chi connectivity index (χ4v) is 2.63. The van der Waals surface area contributed by atoms with E-state index in [4.69, 9.17) is 9.31 Å². The number of aromatic nitrogens is 2. The summed E-state index contributed by atoms with van der Waals surface area (Å²) < 4.78 is 12.3. The minimum atomic E-state index is -0.393. The molecule has 1 aliphatic heterocycles. The van der Waals surface area contributed by atoms with E-state index in [1.807, 2.05) is 37.4 Å². The van der Waals surface area contributed by atoms with Crippen LogP contribution < -0.4 is 5.32 Å². The molecule has 5 nitrogen and oxygen atoms in total. The van der Waals surface area contributed by atoms with Crippen molar-refractivity contribution in [3.05, 3.63) is 41.6 Å². The van der Waals surface area contributed by atoms with Gasteiger partial charge in [0, 0.05) is 6.54 Å². The summed E-state index contributed by atoms with van der Waals surface area (Å²) in [6.45, 7) is 8.88. The highest BCUT2D eigenvalue weighted by Gasteiger charge is 2.52. The van der Waals surface area contributed by atoms with Crippen LogP contribution in [0.4, 0.5) is 0 Å². The van der Waals surface area contributed by atoms with Crippen LogP contribution in [0.3, 0.4) is 0 Å². The molecule has 0 amide bonds. The molecule has 3 rings (SSSR count). The summed E-state index contributed by atoms with van der Waals surface area (Å²) in [5, 5.41) is 3.18. The van der Waals surface area contributed by atoms with Gasteiger partial charge in [-0.05, 0) is 58.4 Å². The van der Waals surface area contributed by atoms with Crippen LogP contribution in [0.2, 0.25) is 0 Å². The van der Waals surface area contributed by atoms with E-state index < -0.39 is 7.12 Å². The Balaban J connectivity index is 1.93. The van der Waals surface area contributed by atoms with Gasteiger partial charge in [0.1, 0.15) is 0 Å². The summed E-state index contributed by atoms with van der Waals surface area (Å²) >= 11 is 0. The van der Waals surface area contributed by atoms with Crippen molar-refractivity contribution in [3.63, 3.8) is 0 Å². The van der Waals surface area contributed by atoms with E-state index in [1.165, 1.54) is 0 Å². The Labute approximate surface area is 143 Å². The quantitative estimate of drug-likeness (QED) is 0.876. The van der Waals surface area contributed by atoms with Crippen molar-refractivity contribution in [2.45, 2.75) is 38.9 Å². The summed E-state index contributed by atoms with van der Waals surface area (Å²) in [6, 6.07) is 7.85. The second kappa shape index (κ2) is 6.28. The van der Waals surface area contributed by atoms with Crippen LogP contribution >= 0.6 is 0 Å². The van der Waals surface area contributed by atoms with E-state index in [0.717, 1.165) is 22.2 Å². The summed E-state index contributed by atoms with van der Waals surface area (Å²) in [5.74, 6) is 0. The Hall–Kier alpha value is -1.76. The first kappa shape index (κ1) is 17.1. The van der Waals surface area contributed by atoms with Gasteiger partial charge in [0.15, 0.2) is 0 Å². The van der Waals surface area contributed by atoms with Gasteiger partial charge in [0.2, 0.25) is 0 Å². The lowest BCUT2D eigenvalue weighted by molar-refractivity contribution is 0.00578. The molecule has 2 aromatic rings. The number of fused-ring (bicyclic) bond motifs is 1. The zero-order valence-corrected chi connectivity index (χ0v) is 15.0. The fraction of sp³-hybridized carbons (Fsp3) is 0.444. The molecule has 1 saturated heterocycles. The van der Waals surface area contributed by atoms with E-state index in [9.17, 15) is 0 Å². The number of benzene rings is 1. The second-order valence-electron chi connectivity index (χ2n) is 7.12. The molecule has 0 saturated carbocycles. The Kier molecular flexibility index (Phi) is 4.47. The Morgan fingerprint density at radius 1 is 1.12 bits per heavy atom. The Morgan fingerprint density at radius 3 is 2.38 bits per heavy atom. The highest BCUT2D eigenvalue weighted by Crippen LogP contribution is 2.38. The maximum absolute atomic E-state index is 6.16. The van der Waals surface area contributed by atoms with Crippen LogP contribution in [0.25, 0.3) is 17.1 Å². The standard InChI is InChI=1S/C18H24BN3O2/c1-17(2)18(3,4)24-19(23-17)13(11-20-5)10-14-12-21-15-8-6-7-9-16(15)22-14/h6-10,12,20H,11H2,1-5H3. The first-order valence-corrected chi connectivity index (χ1v) is 8.25. The molecule has 2 heterocycles. The highest BCUT2D eigenvalue weighted by atomic mass is 16.7. The molecule has 0 unspecified atom stereocenters. The van der Waals surface area contributed by atoms with Gasteiger partial charge in [-0.2, -0.15) is 0 Å². The lowest BCUT2D eigenvalue weighted by Crippen LogP contribution is -2.41. The molecular formula is C18H24BN3O2. The third-order valence-corrected chi connectivity index (χ3v) is 4.74. The molecule has 0 spiro atoms. The zero-order chi connectivity index (χ0) is 17.4. The van der Waals surface area contributed by atoms with E-state index in [2.05, 4.69) is 43.0 Å². The molecule has 1 N–H and O–H groups in total. The average molecular weight is 325 g/mol. The van der Waals surface area contributed by atoms with Crippen LogP contribution in [0.1, 0.15) is 33.4 Å². The number of likely N-dealkylation sites (N-methyl/N-ethyl adjacent to an activating group) is 1. The number of nitrogens with zero attached hydrogens (tertiary/aromatic N) is 2. The van der Waals surface area contributed by atoms with E-state index in [0.29, 0.717) is 6.54 Å². The summed E-state index contributed by atoms with van der Waals surface area (Å²) in [7, 11) is 1.52. The van der Waals surface area contributed by atoms with Gasteiger partial charge in [0.25, 0.3) is 0 Å². The van der Waals surface area contributed by atoms with Crippen molar-refractivity contribution in [3.8, 4) is 0 Å². The van der Waals surface area contributed by atoms with E-state index >= 15 is 0 Å². The zero-order valence-electron chi connectivity index (χ0n) is 15.0. The van der Waals surface area contributed by atoms with Crippen molar-refractivity contribution in [1.29, 1.82) is 0 Å². The summed E-state index contributed by atoms with van der Waals surface area (Å²) in [4.78, 5) is 9.13. The molecule has 126 valence electrons. The van der Waals surface area contributed by atoms with E-state index in [1.54, 1.807) is 6.20 Å². The number of nitrogens with one attached hydrogen (secondary N) is 1. The van der Waals surface area contributed by atoms with Gasteiger partial charge in [0.05, 0.1) is 34.1 Å². The summed E-state index contributed by atoms with van der Waals surface area (Å²) in [6.07, 6.45) is 3.78. The normalized spacial score (nSPS) is 19.9. The number of hydrogen-bond acceptors (Lipinski definition) is 5. The maximum atomic E-state index is 6.16. The smallest absolute Gasteiger partial charge is 0.400 e. The minimum absolute atomic E-state index is 0.362. The van der Waals surface area contributed by atoms with Gasteiger partial charge in [-0.1, -0.05) is 12.1 Å². The van der Waals surface area contributed by atoms with Crippen LogP contribution in [0, 0.1) is 0 Å². The van der Waals surface area contributed by atoms with Gasteiger partial charge >= 0.3 is 7.12 Å². The molecule has 1 aromatic heterocycles. The predicted octanol–water partition coefficient (Wildman–Crippen LogP) is 2.86. The molecule has 1 aliphatic rings. The van der Waals surface area contributed by atoms with E-state index in [-0.39, 0.29) is 11.2 Å². The molecule has 6 heteroatoms. The van der Waals surface area contributed by atoms with Crippen molar-refractivity contribution in [1.82, 2.24) is 15.3 Å². The van der Waals surface area contributed by atoms with Crippen LogP contribution in [-0.2, 0) is 9.31 Å². The molecule has 0 aliphatic carbocycles. The van der Waals surface area contributed by atoms with Gasteiger partial charge < -0.3 is 14.6 Å². The first-order valence-electron chi connectivity index (χ1n) is 8.25. The number of para-hydroxylation sites is 2. The molecule has 0 radical (unpaired) electrons. The second-order valence-corrected chi connectivity index (χ2v) is 7.12. The van der Waals surface area contributed by atoms with Gasteiger partial charge in [-0.3, -0.25) is 4.98 Å². The largest absolute Gasteiger partial charge is 0.491 e. The van der Waals surface area contributed by atoms with Crippen molar-refractivity contribution in [2.75, 3.05) is 13.6 Å². The van der Waals surface area contributed by atoms with Crippen LogP contribution in [-0.4, -0.2) is 41.9 Å². The van der Waals surface area contributed by atoms with Crippen LogP contribution in [0.5, 0.6) is 0 Å². The Morgan fingerprint density at radius 2 is 1.75 bits per heavy atom. The maximum Gasteiger partial charge on any atom is 0.491 e. The lowest BCUT2D eigenvalue weighted by Gasteiger charge is -2.32. The highest BCUT2D eigenvalue weighted by molar-refractivity contribution is 6.55. The fourth-order valence-electron chi connectivity index (χ4n) is 2.63. The lowest BCUT2D eigenvalue weighted by atomic mass is 9.77. The Bertz CT molecular complexity index is 758. The van der Waals surface area contributed by atoms with Crippen LogP contribution in [0.15, 0.2) is 35.9 Å².